The molecule has 1 atom stereocenters. The highest BCUT2D eigenvalue weighted by atomic mass is 32.1. The molecule has 29 heavy (non-hydrogen) atoms. The molecular weight excluding hydrogens is 390 g/mol. The van der Waals surface area contributed by atoms with Gasteiger partial charge in [-0.3, -0.25) is 9.59 Å². The second kappa shape index (κ2) is 8.91. The largest absolute Gasteiger partial charge is 0.497 e. The molecule has 0 saturated carbocycles. The van der Waals surface area contributed by atoms with Gasteiger partial charge in [-0.1, -0.05) is 6.07 Å². The highest BCUT2D eigenvalue weighted by Gasteiger charge is 2.23. The van der Waals surface area contributed by atoms with Gasteiger partial charge >= 0.3 is 0 Å². The van der Waals surface area contributed by atoms with Crippen molar-refractivity contribution in [3.63, 3.8) is 0 Å². The molecule has 7 nitrogen and oxygen atoms in total. The average molecular weight is 413 g/mol. The van der Waals surface area contributed by atoms with E-state index in [9.17, 15) is 9.59 Å². The predicted octanol–water partition coefficient (Wildman–Crippen LogP) is 3.21. The molecule has 0 fully saturated rings. The third kappa shape index (κ3) is 4.48. The highest BCUT2D eigenvalue weighted by molar-refractivity contribution is 7.09. The van der Waals surface area contributed by atoms with E-state index in [1.807, 2.05) is 29.6 Å². The molecule has 1 amide bonds. The maximum atomic E-state index is 12.9. The molecule has 0 aliphatic carbocycles. The molecule has 0 aliphatic rings. The monoisotopic (exact) mass is 413 g/mol. The van der Waals surface area contributed by atoms with Crippen molar-refractivity contribution in [3.8, 4) is 22.8 Å². The second-order valence-corrected chi connectivity index (χ2v) is 7.55. The Hall–Kier alpha value is -3.13. The number of hydrogen-bond donors (Lipinski definition) is 0. The fourth-order valence-electron chi connectivity index (χ4n) is 2.97. The summed E-state index contributed by atoms with van der Waals surface area (Å²) in [6.45, 7) is 2.16. The molecular formula is C21H23N3O4S. The first-order valence-corrected chi connectivity index (χ1v) is 9.92. The van der Waals surface area contributed by atoms with E-state index < -0.39 is 11.6 Å². The molecule has 1 aromatic carbocycles. The Kier molecular flexibility index (Phi) is 6.33. The third-order valence-electron chi connectivity index (χ3n) is 4.58. The van der Waals surface area contributed by atoms with Gasteiger partial charge in [0.15, 0.2) is 5.75 Å². The van der Waals surface area contributed by atoms with Crippen LogP contribution in [0, 0.1) is 0 Å². The van der Waals surface area contributed by atoms with E-state index in [-0.39, 0.29) is 5.91 Å². The van der Waals surface area contributed by atoms with Crippen LogP contribution in [0.4, 0.5) is 0 Å². The van der Waals surface area contributed by atoms with Gasteiger partial charge in [0, 0.05) is 23.6 Å². The van der Waals surface area contributed by atoms with Crippen LogP contribution < -0.4 is 15.0 Å². The van der Waals surface area contributed by atoms with Crippen molar-refractivity contribution in [2.24, 2.45) is 0 Å². The summed E-state index contributed by atoms with van der Waals surface area (Å²) in [7, 11) is 4.79. The maximum absolute atomic E-state index is 12.9. The molecule has 0 N–H and O–H groups in total. The summed E-state index contributed by atoms with van der Waals surface area (Å²) in [5, 5.41) is 6.43. The van der Waals surface area contributed by atoms with E-state index in [1.54, 1.807) is 49.5 Å². The number of carbonyl (C=O) groups is 1. The van der Waals surface area contributed by atoms with Crippen molar-refractivity contribution in [1.29, 1.82) is 0 Å². The fourth-order valence-corrected chi connectivity index (χ4v) is 3.73. The van der Waals surface area contributed by atoms with Crippen molar-refractivity contribution < 1.29 is 14.3 Å². The van der Waals surface area contributed by atoms with Gasteiger partial charge in [0.25, 0.3) is 5.56 Å². The van der Waals surface area contributed by atoms with Crippen LogP contribution in [0.3, 0.4) is 0 Å². The van der Waals surface area contributed by atoms with E-state index in [1.165, 1.54) is 17.9 Å². The molecule has 0 radical (unpaired) electrons. The van der Waals surface area contributed by atoms with E-state index in [0.717, 1.165) is 10.4 Å². The highest BCUT2D eigenvalue weighted by Crippen LogP contribution is 2.28. The molecule has 0 unspecified atom stereocenters. The number of aromatic nitrogens is 2. The number of benzene rings is 1. The van der Waals surface area contributed by atoms with Gasteiger partial charge in [-0.2, -0.15) is 5.10 Å². The zero-order valence-corrected chi connectivity index (χ0v) is 17.6. The lowest BCUT2D eigenvalue weighted by atomic mass is 10.1. The molecule has 152 valence electrons. The Balaban J connectivity index is 1.93. The van der Waals surface area contributed by atoms with Crippen LogP contribution in [0.1, 0.15) is 17.8 Å². The number of hydrogen-bond acceptors (Lipinski definition) is 6. The smallest absolute Gasteiger partial charge is 0.271 e. The number of ether oxygens (including phenoxy) is 2. The van der Waals surface area contributed by atoms with E-state index in [2.05, 4.69) is 5.10 Å². The van der Waals surface area contributed by atoms with Gasteiger partial charge in [-0.25, -0.2) is 4.68 Å². The Morgan fingerprint density at radius 2 is 1.93 bits per heavy atom. The second-order valence-electron chi connectivity index (χ2n) is 6.52. The van der Waals surface area contributed by atoms with E-state index >= 15 is 0 Å². The quantitative estimate of drug-likeness (QED) is 0.595. The molecule has 0 bridgehead atoms. The molecule has 0 spiro atoms. The first-order valence-electron chi connectivity index (χ1n) is 9.04. The van der Waals surface area contributed by atoms with Gasteiger partial charge in [-0.05, 0) is 42.6 Å². The summed E-state index contributed by atoms with van der Waals surface area (Å²) in [6, 6.07) is 11.8. The first kappa shape index (κ1) is 20.6. The normalized spacial score (nSPS) is 11.7. The molecule has 0 saturated heterocycles. The molecule has 3 aromatic rings. The van der Waals surface area contributed by atoms with Gasteiger partial charge in [0.1, 0.15) is 17.5 Å². The number of amides is 1. The predicted molar refractivity (Wildman–Crippen MR) is 113 cm³/mol. The number of thiophene rings is 1. The lowest BCUT2D eigenvalue weighted by Gasteiger charge is -2.22. The minimum Gasteiger partial charge on any atom is -0.497 e. The summed E-state index contributed by atoms with van der Waals surface area (Å²) in [5.41, 5.74) is 0.836. The van der Waals surface area contributed by atoms with E-state index in [0.29, 0.717) is 23.7 Å². The van der Waals surface area contributed by atoms with Crippen LogP contribution in [0.5, 0.6) is 11.5 Å². The number of rotatable bonds is 7. The average Bonchev–Trinajstić information content (AvgIpc) is 3.25. The van der Waals surface area contributed by atoms with Gasteiger partial charge in [0.05, 0.1) is 20.8 Å². The number of likely N-dealkylation sites (N-methyl/N-ethyl adjacent to an activating group) is 1. The van der Waals surface area contributed by atoms with Crippen molar-refractivity contribution in [2.45, 2.75) is 19.5 Å². The zero-order chi connectivity index (χ0) is 21.0. The maximum Gasteiger partial charge on any atom is 0.271 e. The van der Waals surface area contributed by atoms with E-state index in [4.69, 9.17) is 9.47 Å². The summed E-state index contributed by atoms with van der Waals surface area (Å²) in [4.78, 5) is 28.2. The van der Waals surface area contributed by atoms with Crippen LogP contribution in [0.15, 0.2) is 52.6 Å². The SMILES string of the molecule is COc1ccc(-c2nn([C@@H](C)C(=O)N(C)Cc3cccs3)c(=O)cc2OC)cc1. The summed E-state index contributed by atoms with van der Waals surface area (Å²) in [6.07, 6.45) is 0. The summed E-state index contributed by atoms with van der Waals surface area (Å²) >= 11 is 1.58. The number of carbonyl (C=O) groups excluding carboxylic acids is 1. The third-order valence-corrected chi connectivity index (χ3v) is 5.44. The fraction of sp³-hybridized carbons (Fsp3) is 0.286. The van der Waals surface area contributed by atoms with Crippen LogP contribution in [-0.2, 0) is 11.3 Å². The molecule has 8 heteroatoms. The lowest BCUT2D eigenvalue weighted by Crippen LogP contribution is -2.37. The lowest BCUT2D eigenvalue weighted by molar-refractivity contribution is -0.133. The standard InChI is InChI=1S/C21H23N3O4S/c1-14(21(26)23(2)13-17-6-5-11-29-17)24-19(25)12-18(28-4)20(22-24)15-7-9-16(27-3)10-8-15/h5-12,14H,13H2,1-4H3/t14-/m0/s1. The minimum atomic E-state index is -0.754. The zero-order valence-electron chi connectivity index (χ0n) is 16.8. The van der Waals surface area contributed by atoms with Crippen molar-refractivity contribution in [1.82, 2.24) is 14.7 Å². The number of nitrogens with zero attached hydrogens (tertiary/aromatic N) is 3. The van der Waals surface area contributed by atoms with Crippen molar-refractivity contribution >= 4 is 17.2 Å². The van der Waals surface area contributed by atoms with Crippen LogP contribution in [0.2, 0.25) is 0 Å². The van der Waals surface area contributed by atoms with Crippen molar-refractivity contribution in [2.75, 3.05) is 21.3 Å². The summed E-state index contributed by atoms with van der Waals surface area (Å²) in [5.74, 6) is 0.863. The topological polar surface area (TPSA) is 73.7 Å². The Morgan fingerprint density at radius 1 is 1.21 bits per heavy atom. The van der Waals surface area contributed by atoms with Gasteiger partial charge in [-0.15, -0.1) is 11.3 Å². The molecule has 2 aromatic heterocycles. The van der Waals surface area contributed by atoms with Crippen LogP contribution in [-0.4, -0.2) is 41.9 Å². The van der Waals surface area contributed by atoms with Crippen LogP contribution >= 0.6 is 11.3 Å². The first-order chi connectivity index (χ1) is 13.9. The number of methoxy groups -OCH3 is 2. The van der Waals surface area contributed by atoms with Gasteiger partial charge in [0.2, 0.25) is 5.91 Å². The Bertz CT molecular complexity index is 1030. The van der Waals surface area contributed by atoms with Crippen LogP contribution in [0.25, 0.3) is 11.3 Å². The summed E-state index contributed by atoms with van der Waals surface area (Å²) < 4.78 is 11.7. The van der Waals surface area contributed by atoms with Gasteiger partial charge < -0.3 is 14.4 Å². The Morgan fingerprint density at radius 3 is 2.52 bits per heavy atom. The Labute approximate surface area is 173 Å². The molecule has 3 rings (SSSR count). The van der Waals surface area contributed by atoms with Crippen molar-refractivity contribution in [3.05, 3.63) is 63.1 Å². The minimum absolute atomic E-state index is 0.196. The molecule has 2 heterocycles. The molecule has 0 aliphatic heterocycles.